The van der Waals surface area contributed by atoms with Gasteiger partial charge in [0.2, 0.25) is 0 Å². The van der Waals surface area contributed by atoms with E-state index < -0.39 is 0 Å². The fraction of sp³-hybridized carbons (Fsp3) is 0.364. The molecule has 5 nitrogen and oxygen atoms in total. The number of amides is 1. The number of nitrogens with one attached hydrogen (secondary N) is 1. The number of hydrogen-bond donors (Lipinski definition) is 2. The number of hydrogen-bond acceptors (Lipinski definition) is 4. The van der Waals surface area contributed by atoms with Gasteiger partial charge in [-0.3, -0.25) is 4.79 Å². The highest BCUT2D eigenvalue weighted by atomic mass is 16.1. The molecule has 0 aromatic carbocycles. The summed E-state index contributed by atoms with van der Waals surface area (Å²) in [6, 6.07) is 0. The van der Waals surface area contributed by atoms with E-state index in [9.17, 15) is 4.79 Å². The van der Waals surface area contributed by atoms with E-state index in [-0.39, 0.29) is 5.91 Å². The van der Waals surface area contributed by atoms with Crippen LogP contribution in [0, 0.1) is 0 Å². The van der Waals surface area contributed by atoms with Crippen molar-refractivity contribution in [3.8, 4) is 0 Å². The lowest BCUT2D eigenvalue weighted by molar-refractivity contribution is -0.113. The molecule has 2 rings (SSSR count). The van der Waals surface area contributed by atoms with Crippen molar-refractivity contribution in [2.24, 2.45) is 0 Å². The molecule has 1 heterocycles. The third kappa shape index (κ3) is 2.36. The Morgan fingerprint density at radius 1 is 1.44 bits per heavy atom. The summed E-state index contributed by atoms with van der Waals surface area (Å²) in [7, 11) is 0. The van der Waals surface area contributed by atoms with Crippen LogP contribution in [0.1, 0.15) is 25.7 Å². The van der Waals surface area contributed by atoms with Gasteiger partial charge < -0.3 is 11.1 Å². The highest BCUT2D eigenvalue weighted by Crippen LogP contribution is 2.20. The first kappa shape index (κ1) is 10.6. The third-order valence-corrected chi connectivity index (χ3v) is 2.57. The zero-order valence-corrected chi connectivity index (χ0v) is 8.94. The van der Waals surface area contributed by atoms with E-state index in [1.54, 1.807) is 0 Å². The molecule has 0 atom stereocenters. The van der Waals surface area contributed by atoms with E-state index in [1.807, 2.05) is 6.08 Å². The van der Waals surface area contributed by atoms with E-state index in [4.69, 9.17) is 5.73 Å². The van der Waals surface area contributed by atoms with Gasteiger partial charge in [0.05, 0.1) is 6.20 Å². The van der Waals surface area contributed by atoms with Crippen molar-refractivity contribution in [3.05, 3.63) is 24.2 Å². The zero-order chi connectivity index (χ0) is 11.4. The molecule has 0 saturated carbocycles. The molecule has 1 aliphatic rings. The van der Waals surface area contributed by atoms with E-state index in [1.165, 1.54) is 12.5 Å². The molecule has 5 heteroatoms. The molecule has 0 unspecified atom stereocenters. The van der Waals surface area contributed by atoms with Crippen molar-refractivity contribution < 1.29 is 4.79 Å². The fourth-order valence-electron chi connectivity index (χ4n) is 1.68. The summed E-state index contributed by atoms with van der Waals surface area (Å²) < 4.78 is 0. The second kappa shape index (κ2) is 4.74. The van der Waals surface area contributed by atoms with Gasteiger partial charge in [0.25, 0.3) is 5.91 Å². The smallest absolute Gasteiger partial charge is 0.251 e. The summed E-state index contributed by atoms with van der Waals surface area (Å²) in [5.74, 6) is 0.195. The van der Waals surface area contributed by atoms with Crippen LogP contribution in [0.3, 0.4) is 0 Å². The van der Waals surface area contributed by atoms with Crippen LogP contribution in [0.15, 0.2) is 24.2 Å². The molecule has 1 aromatic heterocycles. The molecule has 0 spiro atoms. The van der Waals surface area contributed by atoms with Gasteiger partial charge in [-0.1, -0.05) is 6.08 Å². The summed E-state index contributed by atoms with van der Waals surface area (Å²) >= 11 is 0. The molecule has 0 bridgehead atoms. The summed E-state index contributed by atoms with van der Waals surface area (Å²) in [4.78, 5) is 19.5. The number of nitrogens with zero attached hydrogens (tertiary/aromatic N) is 2. The molecule has 0 radical (unpaired) electrons. The Kier molecular flexibility index (Phi) is 3.14. The first-order valence-corrected chi connectivity index (χ1v) is 5.33. The maximum Gasteiger partial charge on any atom is 0.251 e. The number of anilines is 2. The summed E-state index contributed by atoms with van der Waals surface area (Å²) in [6.07, 6.45) is 8.88. The van der Waals surface area contributed by atoms with E-state index in [2.05, 4.69) is 15.3 Å². The summed E-state index contributed by atoms with van der Waals surface area (Å²) in [5, 5.41) is 2.72. The maximum atomic E-state index is 11.8. The molecule has 3 N–H and O–H groups in total. The molecule has 0 fully saturated rings. The number of rotatable bonds is 2. The second-order valence-corrected chi connectivity index (χ2v) is 3.75. The Morgan fingerprint density at radius 2 is 2.31 bits per heavy atom. The van der Waals surface area contributed by atoms with Crippen LogP contribution in [-0.2, 0) is 4.79 Å². The van der Waals surface area contributed by atoms with E-state index in [0.717, 1.165) is 31.3 Å². The first-order chi connectivity index (χ1) is 7.77. The highest BCUT2D eigenvalue weighted by Gasteiger charge is 2.13. The standard InChI is InChI=1S/C11H14N4O/c12-10-9(6-13-7-14-10)15-11(16)8-4-2-1-3-5-8/h4,6-7H,1-3,5H2,(H,15,16)(H2,12,13,14). The lowest BCUT2D eigenvalue weighted by Crippen LogP contribution is -2.17. The van der Waals surface area contributed by atoms with Crippen LogP contribution >= 0.6 is 0 Å². The van der Waals surface area contributed by atoms with Gasteiger partial charge in [-0.2, -0.15) is 0 Å². The van der Waals surface area contributed by atoms with Crippen LogP contribution in [0.2, 0.25) is 0 Å². The molecule has 1 aromatic rings. The predicted molar refractivity (Wildman–Crippen MR) is 61.6 cm³/mol. The van der Waals surface area contributed by atoms with Gasteiger partial charge in [-0.25, -0.2) is 9.97 Å². The topological polar surface area (TPSA) is 80.9 Å². The average Bonchev–Trinajstić information content (AvgIpc) is 2.33. The third-order valence-electron chi connectivity index (χ3n) is 2.57. The van der Waals surface area contributed by atoms with Crippen molar-refractivity contribution in [1.82, 2.24) is 9.97 Å². The Hall–Kier alpha value is -1.91. The Balaban J connectivity index is 2.07. The summed E-state index contributed by atoms with van der Waals surface area (Å²) in [5.41, 5.74) is 6.91. The van der Waals surface area contributed by atoms with Crippen LogP contribution in [-0.4, -0.2) is 15.9 Å². The molecular weight excluding hydrogens is 204 g/mol. The Morgan fingerprint density at radius 3 is 3.00 bits per heavy atom. The lowest BCUT2D eigenvalue weighted by Gasteiger charge is -2.12. The van der Waals surface area contributed by atoms with Crippen molar-refractivity contribution in [2.75, 3.05) is 11.1 Å². The second-order valence-electron chi connectivity index (χ2n) is 3.75. The van der Waals surface area contributed by atoms with Gasteiger partial charge >= 0.3 is 0 Å². The quantitative estimate of drug-likeness (QED) is 0.788. The van der Waals surface area contributed by atoms with Gasteiger partial charge in [0.15, 0.2) is 5.82 Å². The predicted octanol–water partition coefficient (Wildman–Crippen LogP) is 1.50. The van der Waals surface area contributed by atoms with Gasteiger partial charge in [0.1, 0.15) is 12.0 Å². The summed E-state index contributed by atoms with van der Waals surface area (Å²) in [6.45, 7) is 0. The number of nitrogen functional groups attached to an aromatic ring is 1. The highest BCUT2D eigenvalue weighted by molar-refractivity contribution is 6.04. The number of aromatic nitrogens is 2. The van der Waals surface area contributed by atoms with E-state index in [0.29, 0.717) is 11.5 Å². The molecule has 1 amide bonds. The fourth-order valence-corrected chi connectivity index (χ4v) is 1.68. The molecule has 0 aliphatic heterocycles. The van der Waals surface area contributed by atoms with Gasteiger partial charge in [0, 0.05) is 5.57 Å². The van der Waals surface area contributed by atoms with Crippen molar-refractivity contribution in [2.45, 2.75) is 25.7 Å². The van der Waals surface area contributed by atoms with Crippen LogP contribution in [0.25, 0.3) is 0 Å². The molecule has 16 heavy (non-hydrogen) atoms. The van der Waals surface area contributed by atoms with Crippen molar-refractivity contribution in [3.63, 3.8) is 0 Å². The van der Waals surface area contributed by atoms with Crippen molar-refractivity contribution >= 4 is 17.4 Å². The number of carbonyl (C=O) groups is 1. The minimum atomic E-state index is -0.0961. The normalized spacial score (nSPS) is 15.4. The van der Waals surface area contributed by atoms with E-state index >= 15 is 0 Å². The molecule has 0 saturated heterocycles. The number of carbonyl (C=O) groups excluding carboxylic acids is 1. The zero-order valence-electron chi connectivity index (χ0n) is 8.94. The van der Waals surface area contributed by atoms with Crippen LogP contribution in [0.5, 0.6) is 0 Å². The van der Waals surface area contributed by atoms with Gasteiger partial charge in [-0.05, 0) is 25.7 Å². The minimum Gasteiger partial charge on any atom is -0.382 e. The van der Waals surface area contributed by atoms with Crippen LogP contribution in [0.4, 0.5) is 11.5 Å². The molecule has 84 valence electrons. The SMILES string of the molecule is Nc1ncncc1NC(=O)C1=CCCCC1. The van der Waals surface area contributed by atoms with Crippen LogP contribution < -0.4 is 11.1 Å². The number of nitrogens with two attached hydrogens (primary N) is 1. The first-order valence-electron chi connectivity index (χ1n) is 5.33. The van der Waals surface area contributed by atoms with Crippen molar-refractivity contribution in [1.29, 1.82) is 0 Å². The molecule has 1 aliphatic carbocycles. The maximum absolute atomic E-state index is 11.8. The monoisotopic (exact) mass is 218 g/mol. The average molecular weight is 218 g/mol. The Bertz CT molecular complexity index is 428. The molecular formula is C11H14N4O. The van der Waals surface area contributed by atoms with Gasteiger partial charge in [-0.15, -0.1) is 0 Å². The number of allylic oxidation sites excluding steroid dienone is 1. The lowest BCUT2D eigenvalue weighted by atomic mass is 9.99. The Labute approximate surface area is 93.8 Å². The largest absolute Gasteiger partial charge is 0.382 e. The minimum absolute atomic E-state index is 0.0961.